The normalized spacial score (nSPS) is 11.7. The highest BCUT2D eigenvalue weighted by atomic mass is 19.1. The molecule has 2 rings (SSSR count). The molecule has 0 bridgehead atoms. The van der Waals surface area contributed by atoms with Crippen molar-refractivity contribution in [3.63, 3.8) is 0 Å². The lowest BCUT2D eigenvalue weighted by molar-refractivity contribution is 0.0697. The van der Waals surface area contributed by atoms with Crippen LogP contribution in [0.25, 0.3) is 0 Å². The van der Waals surface area contributed by atoms with Gasteiger partial charge in [0, 0.05) is 5.56 Å². The summed E-state index contributed by atoms with van der Waals surface area (Å²) in [6.07, 6.45) is 0. The highest BCUT2D eigenvalue weighted by molar-refractivity contribution is 5.97. The van der Waals surface area contributed by atoms with Crippen molar-refractivity contribution in [1.29, 1.82) is 0 Å². The average molecular weight is 287 g/mol. The van der Waals surface area contributed by atoms with E-state index in [-0.39, 0.29) is 28.9 Å². The van der Waals surface area contributed by atoms with Crippen LogP contribution in [0.2, 0.25) is 0 Å². The van der Waals surface area contributed by atoms with Gasteiger partial charge in [-0.05, 0) is 42.8 Å². The zero-order valence-corrected chi connectivity index (χ0v) is 11.3. The van der Waals surface area contributed by atoms with Crippen LogP contribution in [0, 0.1) is 5.82 Å². The van der Waals surface area contributed by atoms with E-state index in [2.05, 4.69) is 5.32 Å². The van der Waals surface area contributed by atoms with Gasteiger partial charge in [0.1, 0.15) is 5.82 Å². The first kappa shape index (κ1) is 14.7. The molecule has 5 heteroatoms. The molecule has 0 aliphatic rings. The molecule has 21 heavy (non-hydrogen) atoms. The molecule has 0 radical (unpaired) electrons. The van der Waals surface area contributed by atoms with Crippen LogP contribution >= 0.6 is 0 Å². The molecule has 2 N–H and O–H groups in total. The van der Waals surface area contributed by atoms with Crippen LogP contribution < -0.4 is 5.32 Å². The van der Waals surface area contributed by atoms with Crippen LogP contribution in [0.4, 0.5) is 4.39 Å². The summed E-state index contributed by atoms with van der Waals surface area (Å²) >= 11 is 0. The number of nitrogens with one attached hydrogen (secondary N) is 1. The Morgan fingerprint density at radius 1 is 1.10 bits per heavy atom. The first-order valence-electron chi connectivity index (χ1n) is 6.37. The number of halogens is 1. The van der Waals surface area contributed by atoms with Crippen LogP contribution in [0.15, 0.2) is 48.5 Å². The van der Waals surface area contributed by atoms with Crippen molar-refractivity contribution in [3.05, 3.63) is 71.0 Å². The highest BCUT2D eigenvalue weighted by Gasteiger charge is 2.13. The predicted molar refractivity (Wildman–Crippen MR) is 75.7 cm³/mol. The SMILES string of the molecule is CC(NC(=O)c1cccc(C(=O)O)c1)c1ccc(F)cc1. The number of carboxylic acid groups (broad SMARTS) is 1. The first-order chi connectivity index (χ1) is 9.97. The van der Waals surface area contributed by atoms with Gasteiger partial charge in [-0.25, -0.2) is 9.18 Å². The van der Waals surface area contributed by atoms with Gasteiger partial charge in [0.05, 0.1) is 11.6 Å². The summed E-state index contributed by atoms with van der Waals surface area (Å²) in [6.45, 7) is 1.77. The van der Waals surface area contributed by atoms with E-state index in [1.54, 1.807) is 25.1 Å². The van der Waals surface area contributed by atoms with Gasteiger partial charge in [0.25, 0.3) is 5.91 Å². The third kappa shape index (κ3) is 3.66. The number of rotatable bonds is 4. The smallest absolute Gasteiger partial charge is 0.335 e. The van der Waals surface area contributed by atoms with Gasteiger partial charge in [-0.3, -0.25) is 4.79 Å². The maximum Gasteiger partial charge on any atom is 0.335 e. The Hall–Kier alpha value is -2.69. The molecule has 4 nitrogen and oxygen atoms in total. The van der Waals surface area contributed by atoms with E-state index in [1.807, 2.05) is 0 Å². The Balaban J connectivity index is 2.12. The zero-order valence-electron chi connectivity index (χ0n) is 11.3. The third-order valence-corrected chi connectivity index (χ3v) is 3.09. The van der Waals surface area contributed by atoms with E-state index >= 15 is 0 Å². The number of carboxylic acids is 1. The summed E-state index contributed by atoms with van der Waals surface area (Å²) in [5.74, 6) is -1.81. The lowest BCUT2D eigenvalue weighted by Gasteiger charge is -2.14. The van der Waals surface area contributed by atoms with Crippen LogP contribution in [-0.4, -0.2) is 17.0 Å². The van der Waals surface area contributed by atoms with E-state index in [4.69, 9.17) is 5.11 Å². The molecule has 108 valence electrons. The van der Waals surface area contributed by atoms with Crippen molar-refractivity contribution >= 4 is 11.9 Å². The molecule has 0 heterocycles. The summed E-state index contributed by atoms with van der Waals surface area (Å²) < 4.78 is 12.9. The molecule has 1 amide bonds. The third-order valence-electron chi connectivity index (χ3n) is 3.09. The fourth-order valence-corrected chi connectivity index (χ4v) is 1.91. The van der Waals surface area contributed by atoms with Crippen molar-refractivity contribution in [1.82, 2.24) is 5.32 Å². The van der Waals surface area contributed by atoms with E-state index in [0.29, 0.717) is 0 Å². The Morgan fingerprint density at radius 2 is 1.71 bits per heavy atom. The maximum atomic E-state index is 12.9. The van der Waals surface area contributed by atoms with Gasteiger partial charge in [0.15, 0.2) is 0 Å². The number of benzene rings is 2. The van der Waals surface area contributed by atoms with Crippen LogP contribution in [0.3, 0.4) is 0 Å². The lowest BCUT2D eigenvalue weighted by Crippen LogP contribution is -2.26. The van der Waals surface area contributed by atoms with Gasteiger partial charge in [-0.15, -0.1) is 0 Å². The average Bonchev–Trinajstić information content (AvgIpc) is 2.48. The molecular weight excluding hydrogens is 273 g/mol. The second-order valence-electron chi connectivity index (χ2n) is 4.63. The quantitative estimate of drug-likeness (QED) is 0.908. The molecule has 0 aliphatic carbocycles. The maximum absolute atomic E-state index is 12.9. The van der Waals surface area contributed by atoms with Gasteiger partial charge < -0.3 is 10.4 Å². The Kier molecular flexibility index (Phi) is 4.33. The van der Waals surface area contributed by atoms with Crippen LogP contribution in [0.1, 0.15) is 39.2 Å². The minimum Gasteiger partial charge on any atom is -0.478 e. The summed E-state index contributed by atoms with van der Waals surface area (Å²) in [7, 11) is 0. The van der Waals surface area contributed by atoms with Gasteiger partial charge in [-0.2, -0.15) is 0 Å². The van der Waals surface area contributed by atoms with Gasteiger partial charge >= 0.3 is 5.97 Å². The van der Waals surface area contributed by atoms with Gasteiger partial charge in [-0.1, -0.05) is 18.2 Å². The minimum atomic E-state index is -1.09. The molecule has 0 saturated heterocycles. The summed E-state index contributed by atoms with van der Waals surface area (Å²) in [5.41, 5.74) is 1.08. The molecule has 0 fully saturated rings. The molecule has 2 aromatic rings. The van der Waals surface area contributed by atoms with Crippen molar-refractivity contribution in [3.8, 4) is 0 Å². The summed E-state index contributed by atoms with van der Waals surface area (Å²) in [5, 5.41) is 11.7. The second-order valence-corrected chi connectivity index (χ2v) is 4.63. The van der Waals surface area contributed by atoms with Gasteiger partial charge in [0.2, 0.25) is 0 Å². The molecule has 2 aromatic carbocycles. The number of hydrogen-bond donors (Lipinski definition) is 2. The number of hydrogen-bond acceptors (Lipinski definition) is 2. The number of aromatic carboxylic acids is 1. The fraction of sp³-hybridized carbons (Fsp3) is 0.125. The van der Waals surface area contributed by atoms with E-state index in [0.717, 1.165) is 5.56 Å². The van der Waals surface area contributed by atoms with E-state index in [9.17, 15) is 14.0 Å². The first-order valence-corrected chi connectivity index (χ1v) is 6.37. The fourth-order valence-electron chi connectivity index (χ4n) is 1.91. The van der Waals surface area contributed by atoms with Crippen molar-refractivity contribution in [2.45, 2.75) is 13.0 Å². The van der Waals surface area contributed by atoms with Crippen molar-refractivity contribution < 1.29 is 19.1 Å². The number of carbonyl (C=O) groups excluding carboxylic acids is 1. The van der Waals surface area contributed by atoms with E-state index < -0.39 is 5.97 Å². The zero-order chi connectivity index (χ0) is 15.4. The predicted octanol–water partition coefficient (Wildman–Crippen LogP) is 3.01. The van der Waals surface area contributed by atoms with Crippen LogP contribution in [-0.2, 0) is 0 Å². The Morgan fingerprint density at radius 3 is 2.33 bits per heavy atom. The lowest BCUT2D eigenvalue weighted by atomic mass is 10.1. The number of carbonyl (C=O) groups is 2. The standard InChI is InChI=1S/C16H14FNO3/c1-10(11-5-7-14(17)8-6-11)18-15(19)12-3-2-4-13(9-12)16(20)21/h2-10H,1H3,(H,18,19)(H,20,21). The topological polar surface area (TPSA) is 66.4 Å². The number of amides is 1. The molecule has 1 unspecified atom stereocenters. The molecule has 0 spiro atoms. The molecule has 0 aliphatic heterocycles. The molecule has 0 aromatic heterocycles. The summed E-state index contributed by atoms with van der Waals surface area (Å²) in [4.78, 5) is 23.0. The second kappa shape index (κ2) is 6.17. The summed E-state index contributed by atoms with van der Waals surface area (Å²) in [6, 6.07) is 11.3. The van der Waals surface area contributed by atoms with Crippen molar-refractivity contribution in [2.24, 2.45) is 0 Å². The Bertz CT molecular complexity index is 667. The molecule has 0 saturated carbocycles. The Labute approximate surface area is 121 Å². The van der Waals surface area contributed by atoms with Crippen molar-refractivity contribution in [2.75, 3.05) is 0 Å². The van der Waals surface area contributed by atoms with Crippen LogP contribution in [0.5, 0.6) is 0 Å². The highest BCUT2D eigenvalue weighted by Crippen LogP contribution is 2.14. The molecule has 1 atom stereocenters. The largest absolute Gasteiger partial charge is 0.478 e. The molecular formula is C16H14FNO3. The van der Waals surface area contributed by atoms with E-state index in [1.165, 1.54) is 30.3 Å². The monoisotopic (exact) mass is 287 g/mol. The minimum absolute atomic E-state index is 0.0529.